The minimum absolute atomic E-state index is 0.0800. The molecule has 0 spiro atoms. The van der Waals surface area contributed by atoms with Gasteiger partial charge in [-0.1, -0.05) is 18.2 Å². The molecule has 2 aromatic rings. The van der Waals surface area contributed by atoms with E-state index in [-0.39, 0.29) is 18.1 Å². The Morgan fingerprint density at radius 1 is 1.00 bits per heavy atom. The van der Waals surface area contributed by atoms with Crippen molar-refractivity contribution in [3.8, 4) is 5.75 Å². The summed E-state index contributed by atoms with van der Waals surface area (Å²) in [5.74, 6) is 0.516. The molecular weight excluding hydrogens is 278 g/mol. The zero-order valence-electron chi connectivity index (χ0n) is 13.3. The van der Waals surface area contributed by atoms with Crippen LogP contribution in [0, 0.1) is 0 Å². The molecule has 0 bridgehead atoms. The number of nitrogens with zero attached hydrogens (tertiary/aromatic N) is 1. The van der Waals surface area contributed by atoms with Crippen molar-refractivity contribution in [3.05, 3.63) is 42.0 Å². The predicted molar refractivity (Wildman–Crippen MR) is 87.4 cm³/mol. The molecule has 0 aliphatic heterocycles. The van der Waals surface area contributed by atoms with Crippen LogP contribution in [-0.2, 0) is 4.79 Å². The molecule has 116 valence electrons. The molecule has 2 rings (SSSR count). The number of carbonyl (C=O) groups excluding carboxylic acids is 2. The lowest BCUT2D eigenvalue weighted by molar-refractivity contribution is -0.129. The Bertz CT molecular complexity index is 690. The van der Waals surface area contributed by atoms with E-state index in [0.29, 0.717) is 18.7 Å². The zero-order chi connectivity index (χ0) is 16.1. The van der Waals surface area contributed by atoms with Gasteiger partial charge in [0.1, 0.15) is 5.75 Å². The average Bonchev–Trinajstić information content (AvgIpc) is 2.54. The van der Waals surface area contributed by atoms with E-state index >= 15 is 0 Å². The number of amides is 1. The second-order valence-corrected chi connectivity index (χ2v) is 5.09. The Kier molecular flexibility index (Phi) is 5.15. The average molecular weight is 299 g/mol. The first kappa shape index (κ1) is 16.0. The van der Waals surface area contributed by atoms with E-state index in [1.165, 1.54) is 0 Å². The molecule has 1 amide bonds. The lowest BCUT2D eigenvalue weighted by atomic mass is 10.0. The molecule has 0 aromatic heterocycles. The maximum absolute atomic E-state index is 12.3. The molecule has 0 fully saturated rings. The number of methoxy groups -OCH3 is 1. The zero-order valence-corrected chi connectivity index (χ0v) is 13.3. The van der Waals surface area contributed by atoms with E-state index in [2.05, 4.69) is 0 Å². The van der Waals surface area contributed by atoms with Crippen LogP contribution in [0.3, 0.4) is 0 Å². The summed E-state index contributed by atoms with van der Waals surface area (Å²) in [6, 6.07) is 11.2. The summed E-state index contributed by atoms with van der Waals surface area (Å²) in [5.41, 5.74) is 0.568. The highest BCUT2D eigenvalue weighted by Crippen LogP contribution is 2.22. The molecule has 4 nitrogen and oxygen atoms in total. The van der Waals surface area contributed by atoms with Gasteiger partial charge in [0, 0.05) is 18.7 Å². The van der Waals surface area contributed by atoms with Crippen molar-refractivity contribution in [3.63, 3.8) is 0 Å². The minimum Gasteiger partial charge on any atom is -0.497 e. The summed E-state index contributed by atoms with van der Waals surface area (Å²) in [5, 5.41) is 1.97. The van der Waals surface area contributed by atoms with Gasteiger partial charge in [-0.3, -0.25) is 9.59 Å². The topological polar surface area (TPSA) is 46.6 Å². The van der Waals surface area contributed by atoms with Crippen LogP contribution in [0.2, 0.25) is 0 Å². The van der Waals surface area contributed by atoms with Crippen LogP contribution in [0.1, 0.15) is 30.6 Å². The number of benzene rings is 2. The van der Waals surface area contributed by atoms with Gasteiger partial charge in [-0.15, -0.1) is 0 Å². The van der Waals surface area contributed by atoms with Gasteiger partial charge in [0.2, 0.25) is 5.91 Å². The highest BCUT2D eigenvalue weighted by Gasteiger charge is 2.16. The lowest BCUT2D eigenvalue weighted by Gasteiger charge is -2.18. The molecule has 0 aliphatic rings. The van der Waals surface area contributed by atoms with Crippen molar-refractivity contribution >= 4 is 22.5 Å². The third-order valence-corrected chi connectivity index (χ3v) is 3.80. The molecule has 2 aromatic carbocycles. The summed E-state index contributed by atoms with van der Waals surface area (Å²) in [7, 11) is 1.62. The summed E-state index contributed by atoms with van der Waals surface area (Å²) in [4.78, 5) is 26.0. The van der Waals surface area contributed by atoms with E-state index in [1.807, 2.05) is 44.2 Å². The molecule has 0 saturated heterocycles. The quantitative estimate of drug-likeness (QED) is 0.607. The summed E-state index contributed by atoms with van der Waals surface area (Å²) in [6.07, 6.45) is -0.0800. The third-order valence-electron chi connectivity index (χ3n) is 3.80. The minimum atomic E-state index is -0.144. The van der Waals surface area contributed by atoms with Crippen LogP contribution in [0.25, 0.3) is 10.8 Å². The van der Waals surface area contributed by atoms with Gasteiger partial charge in [0.25, 0.3) is 0 Å². The molecule has 0 atom stereocenters. The van der Waals surface area contributed by atoms with Crippen molar-refractivity contribution < 1.29 is 14.3 Å². The molecule has 0 saturated carbocycles. The Morgan fingerprint density at radius 2 is 1.64 bits per heavy atom. The van der Waals surface area contributed by atoms with E-state index in [0.717, 1.165) is 16.5 Å². The smallest absolute Gasteiger partial charge is 0.230 e. The predicted octanol–water partition coefficient (Wildman–Crippen LogP) is 3.29. The van der Waals surface area contributed by atoms with Gasteiger partial charge in [-0.2, -0.15) is 0 Å². The second kappa shape index (κ2) is 7.07. The number of ether oxygens (including phenoxy) is 1. The molecule has 0 unspecified atom stereocenters. The molecular formula is C18H21NO3. The normalized spacial score (nSPS) is 10.5. The number of carbonyl (C=O) groups is 2. The van der Waals surface area contributed by atoms with Crippen molar-refractivity contribution in [2.75, 3.05) is 20.2 Å². The van der Waals surface area contributed by atoms with E-state index in [9.17, 15) is 9.59 Å². The lowest BCUT2D eigenvalue weighted by Crippen LogP contribution is -2.32. The van der Waals surface area contributed by atoms with Crippen LogP contribution < -0.4 is 4.74 Å². The number of ketones is 1. The molecule has 0 aliphatic carbocycles. The molecule has 0 N–H and O–H groups in total. The Labute approximate surface area is 130 Å². The Morgan fingerprint density at radius 3 is 2.27 bits per heavy atom. The highest BCUT2D eigenvalue weighted by molar-refractivity contribution is 6.08. The largest absolute Gasteiger partial charge is 0.497 e. The van der Waals surface area contributed by atoms with Crippen LogP contribution >= 0.6 is 0 Å². The first-order valence-electron chi connectivity index (χ1n) is 7.47. The number of hydrogen-bond donors (Lipinski definition) is 0. The fraction of sp³-hybridized carbons (Fsp3) is 0.333. The van der Waals surface area contributed by atoms with Crippen LogP contribution in [-0.4, -0.2) is 36.8 Å². The van der Waals surface area contributed by atoms with Gasteiger partial charge in [0.15, 0.2) is 5.78 Å². The monoisotopic (exact) mass is 299 g/mol. The van der Waals surface area contributed by atoms with Crippen molar-refractivity contribution in [1.29, 1.82) is 0 Å². The first-order valence-corrected chi connectivity index (χ1v) is 7.47. The van der Waals surface area contributed by atoms with Gasteiger partial charge in [-0.05, 0) is 42.8 Å². The second-order valence-electron chi connectivity index (χ2n) is 5.09. The Hall–Kier alpha value is -2.36. The first-order chi connectivity index (χ1) is 10.6. The SMILES string of the molecule is CCN(CC)C(=O)CC(=O)c1ccc2cc(OC)ccc2c1. The van der Waals surface area contributed by atoms with Crippen molar-refractivity contribution in [1.82, 2.24) is 4.90 Å². The van der Waals surface area contributed by atoms with E-state index in [4.69, 9.17) is 4.74 Å². The van der Waals surface area contributed by atoms with E-state index in [1.54, 1.807) is 18.1 Å². The van der Waals surface area contributed by atoms with Gasteiger partial charge < -0.3 is 9.64 Å². The van der Waals surface area contributed by atoms with Crippen LogP contribution in [0.15, 0.2) is 36.4 Å². The maximum atomic E-state index is 12.3. The van der Waals surface area contributed by atoms with Crippen LogP contribution in [0.4, 0.5) is 0 Å². The van der Waals surface area contributed by atoms with Crippen molar-refractivity contribution in [2.24, 2.45) is 0 Å². The van der Waals surface area contributed by atoms with Crippen molar-refractivity contribution in [2.45, 2.75) is 20.3 Å². The molecule has 4 heteroatoms. The third kappa shape index (κ3) is 3.45. The summed E-state index contributed by atoms with van der Waals surface area (Å²) < 4.78 is 5.19. The number of rotatable bonds is 6. The van der Waals surface area contributed by atoms with E-state index < -0.39 is 0 Å². The fourth-order valence-corrected chi connectivity index (χ4v) is 2.45. The van der Waals surface area contributed by atoms with Gasteiger partial charge in [0.05, 0.1) is 13.5 Å². The maximum Gasteiger partial charge on any atom is 0.230 e. The number of hydrogen-bond acceptors (Lipinski definition) is 3. The fourth-order valence-electron chi connectivity index (χ4n) is 2.45. The highest BCUT2D eigenvalue weighted by atomic mass is 16.5. The standard InChI is InChI=1S/C18H21NO3/c1-4-19(5-2)18(21)12-17(20)15-7-6-14-11-16(22-3)9-8-13(14)10-15/h6-11H,4-5,12H2,1-3H3. The Balaban J connectivity index is 2.20. The summed E-state index contributed by atoms with van der Waals surface area (Å²) in [6.45, 7) is 5.07. The molecule has 22 heavy (non-hydrogen) atoms. The number of Topliss-reactive ketones (excluding diaryl/α,β-unsaturated/α-hetero) is 1. The van der Waals surface area contributed by atoms with Gasteiger partial charge in [-0.25, -0.2) is 0 Å². The molecule has 0 radical (unpaired) electrons. The number of fused-ring (bicyclic) bond motifs is 1. The van der Waals surface area contributed by atoms with Gasteiger partial charge >= 0.3 is 0 Å². The summed E-state index contributed by atoms with van der Waals surface area (Å²) >= 11 is 0. The molecule has 0 heterocycles. The van der Waals surface area contributed by atoms with Crippen LogP contribution in [0.5, 0.6) is 5.75 Å².